The van der Waals surface area contributed by atoms with Crippen LogP contribution in [0.4, 0.5) is 10.5 Å². The van der Waals surface area contributed by atoms with Gasteiger partial charge in [0.1, 0.15) is 12.3 Å². The second kappa shape index (κ2) is 9.47. The van der Waals surface area contributed by atoms with Crippen LogP contribution >= 0.6 is 23.5 Å². The van der Waals surface area contributed by atoms with Crippen molar-refractivity contribution in [1.29, 1.82) is 0 Å². The summed E-state index contributed by atoms with van der Waals surface area (Å²) in [6, 6.07) is 16.7. The summed E-state index contributed by atoms with van der Waals surface area (Å²) in [5.41, 5.74) is 4.55. The van der Waals surface area contributed by atoms with E-state index in [1.807, 2.05) is 50.2 Å². The first-order valence-electron chi connectivity index (χ1n) is 10.7. The maximum absolute atomic E-state index is 12.8. The van der Waals surface area contributed by atoms with E-state index in [1.54, 1.807) is 18.2 Å². The van der Waals surface area contributed by atoms with Gasteiger partial charge < -0.3 is 14.7 Å². The number of amides is 3. The van der Waals surface area contributed by atoms with E-state index in [0.29, 0.717) is 21.7 Å². The van der Waals surface area contributed by atoms with E-state index in [2.05, 4.69) is 15.3 Å². The molecule has 1 saturated heterocycles. The van der Waals surface area contributed by atoms with Gasteiger partial charge in [0.25, 0.3) is 11.1 Å². The lowest BCUT2D eigenvalue weighted by Gasteiger charge is -2.13. The van der Waals surface area contributed by atoms with Gasteiger partial charge >= 0.3 is 0 Å². The van der Waals surface area contributed by atoms with Crippen molar-refractivity contribution in [3.05, 3.63) is 76.4 Å². The number of rotatable bonds is 6. The molecular formula is C25H20N4O4S2. The molecular weight excluding hydrogens is 484 g/mol. The Morgan fingerprint density at radius 2 is 1.97 bits per heavy atom. The van der Waals surface area contributed by atoms with E-state index >= 15 is 0 Å². The molecule has 1 fully saturated rings. The number of aromatic amines is 1. The SMILES string of the molecule is Cc1ccc(NC(=O)CN2C(=O)S/C(=C/c3ccc(Sc4nc5ccccc5[nH]4)o3)C2=O)cc1C. The molecule has 0 bridgehead atoms. The van der Waals surface area contributed by atoms with E-state index in [1.165, 1.54) is 17.8 Å². The standard InChI is InChI=1S/C25H20N4O4S2/c1-14-7-8-16(11-15(14)2)26-21(30)13-29-23(31)20(34-25(29)32)12-17-9-10-22(33-17)35-24-27-18-5-3-4-6-19(18)28-24/h3-12H,13H2,1-2H3,(H,26,30)(H,27,28)/b20-12+. The van der Waals surface area contributed by atoms with Crippen molar-refractivity contribution in [1.82, 2.24) is 14.9 Å². The predicted octanol–water partition coefficient (Wildman–Crippen LogP) is 5.60. The summed E-state index contributed by atoms with van der Waals surface area (Å²) in [7, 11) is 0. The van der Waals surface area contributed by atoms with Crippen LogP contribution in [-0.4, -0.2) is 38.5 Å². The lowest BCUT2D eigenvalue weighted by Crippen LogP contribution is -2.36. The molecule has 2 N–H and O–H groups in total. The first-order valence-corrected chi connectivity index (χ1v) is 12.3. The number of nitrogens with one attached hydrogen (secondary N) is 2. The molecule has 0 saturated carbocycles. The topological polar surface area (TPSA) is 108 Å². The van der Waals surface area contributed by atoms with Crippen molar-refractivity contribution in [2.75, 3.05) is 11.9 Å². The van der Waals surface area contributed by atoms with Crippen LogP contribution in [0.15, 0.2) is 74.2 Å². The number of thioether (sulfide) groups is 1. The number of carbonyl (C=O) groups is 3. The van der Waals surface area contributed by atoms with E-state index < -0.39 is 17.1 Å². The predicted molar refractivity (Wildman–Crippen MR) is 136 cm³/mol. The average molecular weight is 505 g/mol. The van der Waals surface area contributed by atoms with Crippen molar-refractivity contribution < 1.29 is 18.8 Å². The Kier molecular flexibility index (Phi) is 6.23. The van der Waals surface area contributed by atoms with Crippen molar-refractivity contribution >= 4 is 63.4 Å². The third kappa shape index (κ3) is 5.03. The number of hydrogen-bond donors (Lipinski definition) is 2. The minimum Gasteiger partial charge on any atom is -0.450 e. The second-order valence-electron chi connectivity index (χ2n) is 7.93. The minimum atomic E-state index is -0.530. The molecule has 5 rings (SSSR count). The number of carbonyl (C=O) groups excluding carboxylic acids is 3. The largest absolute Gasteiger partial charge is 0.450 e. The highest BCUT2D eigenvalue weighted by Gasteiger charge is 2.36. The van der Waals surface area contributed by atoms with Gasteiger partial charge in [-0.05, 0) is 84.9 Å². The minimum absolute atomic E-state index is 0.198. The molecule has 3 heterocycles. The number of fused-ring (bicyclic) bond motifs is 1. The van der Waals surface area contributed by atoms with Gasteiger partial charge in [0.05, 0.1) is 15.9 Å². The summed E-state index contributed by atoms with van der Waals surface area (Å²) in [5, 5.41) is 3.50. The molecule has 2 aromatic heterocycles. The summed E-state index contributed by atoms with van der Waals surface area (Å²) < 4.78 is 5.80. The smallest absolute Gasteiger partial charge is 0.294 e. The van der Waals surface area contributed by atoms with Gasteiger partial charge in [-0.15, -0.1) is 0 Å². The monoisotopic (exact) mass is 504 g/mol. The van der Waals surface area contributed by atoms with Gasteiger partial charge in [0.15, 0.2) is 10.2 Å². The molecule has 2 aromatic carbocycles. The van der Waals surface area contributed by atoms with Gasteiger partial charge in [0.2, 0.25) is 5.91 Å². The van der Waals surface area contributed by atoms with E-state index in [0.717, 1.165) is 38.8 Å². The number of anilines is 1. The number of furan rings is 1. The normalized spacial score (nSPS) is 14.9. The van der Waals surface area contributed by atoms with Crippen LogP contribution in [0.2, 0.25) is 0 Å². The fourth-order valence-corrected chi connectivity index (χ4v) is 5.06. The van der Waals surface area contributed by atoms with Crippen LogP contribution in [0, 0.1) is 13.8 Å². The van der Waals surface area contributed by atoms with Crippen molar-refractivity contribution in [2.45, 2.75) is 24.1 Å². The van der Waals surface area contributed by atoms with Gasteiger partial charge in [-0.2, -0.15) is 0 Å². The summed E-state index contributed by atoms with van der Waals surface area (Å²) in [6.07, 6.45) is 1.51. The molecule has 0 spiro atoms. The highest BCUT2D eigenvalue weighted by Crippen LogP contribution is 2.34. The number of benzene rings is 2. The molecule has 0 atom stereocenters. The van der Waals surface area contributed by atoms with Crippen LogP contribution in [0.3, 0.4) is 0 Å². The lowest BCUT2D eigenvalue weighted by atomic mass is 10.1. The zero-order chi connectivity index (χ0) is 24.5. The van der Waals surface area contributed by atoms with Gasteiger partial charge in [0, 0.05) is 11.8 Å². The van der Waals surface area contributed by atoms with E-state index in [-0.39, 0.29) is 11.4 Å². The summed E-state index contributed by atoms with van der Waals surface area (Å²) in [4.78, 5) is 46.5. The number of imide groups is 1. The van der Waals surface area contributed by atoms with Crippen LogP contribution in [0.5, 0.6) is 0 Å². The van der Waals surface area contributed by atoms with Gasteiger partial charge in [-0.3, -0.25) is 19.3 Å². The summed E-state index contributed by atoms with van der Waals surface area (Å²) in [6.45, 7) is 3.56. The quantitative estimate of drug-likeness (QED) is 0.329. The Balaban J connectivity index is 1.24. The van der Waals surface area contributed by atoms with Crippen molar-refractivity contribution in [3.8, 4) is 0 Å². The van der Waals surface area contributed by atoms with Crippen molar-refractivity contribution in [3.63, 3.8) is 0 Å². The molecule has 8 nitrogen and oxygen atoms in total. The Bertz CT molecular complexity index is 1470. The molecule has 35 heavy (non-hydrogen) atoms. The van der Waals surface area contributed by atoms with Crippen LogP contribution in [0.25, 0.3) is 17.1 Å². The fourth-order valence-electron chi connectivity index (χ4n) is 3.47. The Morgan fingerprint density at radius 3 is 2.77 bits per heavy atom. The molecule has 4 aromatic rings. The molecule has 0 radical (unpaired) electrons. The number of aromatic nitrogens is 2. The first kappa shape index (κ1) is 23.0. The number of imidazole rings is 1. The molecule has 1 aliphatic rings. The number of nitrogens with zero attached hydrogens (tertiary/aromatic N) is 2. The molecule has 0 aliphatic carbocycles. The van der Waals surface area contributed by atoms with Gasteiger partial charge in [-0.1, -0.05) is 18.2 Å². The van der Waals surface area contributed by atoms with Crippen LogP contribution < -0.4 is 5.32 Å². The molecule has 0 unspecified atom stereocenters. The van der Waals surface area contributed by atoms with Crippen LogP contribution in [0.1, 0.15) is 16.9 Å². The van der Waals surface area contributed by atoms with E-state index in [4.69, 9.17) is 4.42 Å². The van der Waals surface area contributed by atoms with Crippen molar-refractivity contribution in [2.24, 2.45) is 0 Å². The number of H-pyrrole nitrogens is 1. The third-order valence-corrected chi connectivity index (χ3v) is 7.12. The molecule has 176 valence electrons. The second-order valence-corrected chi connectivity index (χ2v) is 9.92. The first-order chi connectivity index (χ1) is 16.9. The molecule has 1 aliphatic heterocycles. The highest BCUT2D eigenvalue weighted by atomic mass is 32.2. The Morgan fingerprint density at radius 1 is 1.14 bits per heavy atom. The number of aryl methyl sites for hydroxylation is 2. The average Bonchev–Trinajstić information content (AvgIpc) is 3.51. The molecule has 3 amide bonds. The maximum Gasteiger partial charge on any atom is 0.294 e. The summed E-state index contributed by atoms with van der Waals surface area (Å²) >= 11 is 2.10. The molecule has 10 heteroatoms. The van der Waals surface area contributed by atoms with E-state index in [9.17, 15) is 14.4 Å². The number of hydrogen-bond acceptors (Lipinski definition) is 7. The Labute approximate surface area is 209 Å². The fraction of sp³-hybridized carbons (Fsp3) is 0.120. The lowest BCUT2D eigenvalue weighted by molar-refractivity contribution is -0.127. The highest BCUT2D eigenvalue weighted by molar-refractivity contribution is 8.18. The zero-order valence-corrected chi connectivity index (χ0v) is 20.5. The third-order valence-electron chi connectivity index (χ3n) is 5.41. The summed E-state index contributed by atoms with van der Waals surface area (Å²) in [5.74, 6) is -0.550. The van der Waals surface area contributed by atoms with Gasteiger partial charge in [-0.25, -0.2) is 4.98 Å². The Hall–Kier alpha value is -3.76. The maximum atomic E-state index is 12.8. The number of para-hydroxylation sites is 2. The zero-order valence-electron chi connectivity index (χ0n) is 18.8. The van der Waals surface area contributed by atoms with Crippen LogP contribution in [-0.2, 0) is 9.59 Å².